The molecule has 0 aromatic carbocycles. The Hall–Kier alpha value is -0.570. The summed E-state index contributed by atoms with van der Waals surface area (Å²) in [6.45, 7) is 4.22. The largest absolute Gasteiger partial charge is 0.353 e. The van der Waals surface area contributed by atoms with Gasteiger partial charge in [0.05, 0.1) is 5.41 Å². The van der Waals surface area contributed by atoms with E-state index < -0.39 is 0 Å². The quantitative estimate of drug-likeness (QED) is 0.772. The first-order valence-corrected chi connectivity index (χ1v) is 8.10. The summed E-state index contributed by atoms with van der Waals surface area (Å²) in [7, 11) is 0. The lowest BCUT2D eigenvalue weighted by Gasteiger charge is -2.32. The van der Waals surface area contributed by atoms with E-state index in [1.165, 1.54) is 38.5 Å². The number of hydrogen-bond donors (Lipinski definition) is 2. The van der Waals surface area contributed by atoms with Crippen LogP contribution in [0.4, 0.5) is 0 Å². The SMILES string of the molecule is C[C@@H](NC(=O)C1(C)CCCC1N)C1CCCCCC1. The van der Waals surface area contributed by atoms with Crippen molar-refractivity contribution in [2.24, 2.45) is 17.1 Å². The van der Waals surface area contributed by atoms with Gasteiger partial charge in [0.1, 0.15) is 0 Å². The molecule has 3 nitrogen and oxygen atoms in total. The van der Waals surface area contributed by atoms with E-state index in [0.717, 1.165) is 19.3 Å². The fraction of sp³-hybridized carbons (Fsp3) is 0.938. The van der Waals surface area contributed by atoms with Gasteiger partial charge in [0, 0.05) is 12.1 Å². The average molecular weight is 266 g/mol. The third-order valence-electron chi connectivity index (χ3n) is 5.51. The molecule has 2 saturated carbocycles. The third-order valence-corrected chi connectivity index (χ3v) is 5.51. The van der Waals surface area contributed by atoms with Crippen LogP contribution >= 0.6 is 0 Å². The van der Waals surface area contributed by atoms with Crippen molar-refractivity contribution in [3.05, 3.63) is 0 Å². The first kappa shape index (κ1) is 14.8. The summed E-state index contributed by atoms with van der Waals surface area (Å²) in [4.78, 5) is 12.5. The fourth-order valence-corrected chi connectivity index (χ4v) is 3.78. The van der Waals surface area contributed by atoms with Crippen LogP contribution in [-0.4, -0.2) is 18.0 Å². The van der Waals surface area contributed by atoms with E-state index in [-0.39, 0.29) is 17.4 Å². The topological polar surface area (TPSA) is 55.1 Å². The summed E-state index contributed by atoms with van der Waals surface area (Å²) in [6.07, 6.45) is 10.9. The van der Waals surface area contributed by atoms with Crippen LogP contribution in [0, 0.1) is 11.3 Å². The zero-order chi connectivity index (χ0) is 13.9. The molecule has 0 aliphatic heterocycles. The molecule has 2 unspecified atom stereocenters. The summed E-state index contributed by atoms with van der Waals surface area (Å²) in [5.74, 6) is 0.849. The second-order valence-electron chi connectivity index (χ2n) is 6.93. The highest BCUT2D eigenvalue weighted by Gasteiger charge is 2.43. The van der Waals surface area contributed by atoms with Crippen LogP contribution in [-0.2, 0) is 4.79 Å². The summed E-state index contributed by atoms with van der Waals surface area (Å²) in [5, 5.41) is 3.27. The Morgan fingerprint density at radius 2 is 1.79 bits per heavy atom. The Bertz CT molecular complexity index is 310. The third kappa shape index (κ3) is 3.31. The number of hydrogen-bond acceptors (Lipinski definition) is 2. The number of rotatable bonds is 3. The molecule has 3 N–H and O–H groups in total. The van der Waals surface area contributed by atoms with E-state index in [1.807, 2.05) is 6.92 Å². The van der Waals surface area contributed by atoms with E-state index in [4.69, 9.17) is 5.73 Å². The molecule has 110 valence electrons. The van der Waals surface area contributed by atoms with Crippen LogP contribution in [0.2, 0.25) is 0 Å². The van der Waals surface area contributed by atoms with Gasteiger partial charge in [-0.1, -0.05) is 32.1 Å². The Morgan fingerprint density at radius 3 is 2.32 bits per heavy atom. The first-order valence-electron chi connectivity index (χ1n) is 8.10. The summed E-state index contributed by atoms with van der Waals surface area (Å²) in [5.41, 5.74) is 5.80. The van der Waals surface area contributed by atoms with Crippen molar-refractivity contribution in [2.75, 3.05) is 0 Å². The van der Waals surface area contributed by atoms with Crippen molar-refractivity contribution in [1.82, 2.24) is 5.32 Å². The minimum Gasteiger partial charge on any atom is -0.353 e. The van der Waals surface area contributed by atoms with E-state index in [0.29, 0.717) is 12.0 Å². The first-order chi connectivity index (χ1) is 9.04. The molecular weight excluding hydrogens is 236 g/mol. The van der Waals surface area contributed by atoms with Gasteiger partial charge in [0.15, 0.2) is 0 Å². The highest BCUT2D eigenvalue weighted by Crippen LogP contribution is 2.37. The Morgan fingerprint density at radius 1 is 1.16 bits per heavy atom. The van der Waals surface area contributed by atoms with Gasteiger partial charge in [0.2, 0.25) is 5.91 Å². The van der Waals surface area contributed by atoms with Crippen LogP contribution in [0.25, 0.3) is 0 Å². The van der Waals surface area contributed by atoms with E-state index in [9.17, 15) is 4.79 Å². The Balaban J connectivity index is 1.90. The van der Waals surface area contributed by atoms with Crippen molar-refractivity contribution >= 4 is 5.91 Å². The molecule has 0 aromatic rings. The molecule has 2 aliphatic carbocycles. The number of carbonyl (C=O) groups is 1. The second kappa shape index (κ2) is 6.25. The average Bonchev–Trinajstić information content (AvgIpc) is 2.60. The van der Waals surface area contributed by atoms with Gasteiger partial charge in [0.25, 0.3) is 0 Å². The highest BCUT2D eigenvalue weighted by molar-refractivity contribution is 5.83. The van der Waals surface area contributed by atoms with Gasteiger partial charge in [-0.25, -0.2) is 0 Å². The van der Waals surface area contributed by atoms with Crippen molar-refractivity contribution in [2.45, 2.75) is 83.7 Å². The molecule has 0 saturated heterocycles. The van der Waals surface area contributed by atoms with Crippen molar-refractivity contribution in [1.29, 1.82) is 0 Å². The van der Waals surface area contributed by atoms with Crippen molar-refractivity contribution in [3.63, 3.8) is 0 Å². The zero-order valence-corrected chi connectivity index (χ0v) is 12.6. The lowest BCUT2D eigenvalue weighted by Crippen LogP contribution is -2.51. The van der Waals surface area contributed by atoms with E-state index in [2.05, 4.69) is 12.2 Å². The zero-order valence-electron chi connectivity index (χ0n) is 12.6. The monoisotopic (exact) mass is 266 g/mol. The predicted molar refractivity (Wildman–Crippen MR) is 78.7 cm³/mol. The van der Waals surface area contributed by atoms with E-state index in [1.54, 1.807) is 0 Å². The molecule has 3 atom stereocenters. The molecule has 2 fully saturated rings. The molecular formula is C16H30N2O. The van der Waals surface area contributed by atoms with E-state index >= 15 is 0 Å². The minimum atomic E-state index is -0.334. The van der Waals surface area contributed by atoms with Gasteiger partial charge < -0.3 is 11.1 Å². The lowest BCUT2D eigenvalue weighted by atomic mass is 9.83. The van der Waals surface area contributed by atoms with Gasteiger partial charge >= 0.3 is 0 Å². The molecule has 19 heavy (non-hydrogen) atoms. The molecule has 0 bridgehead atoms. The molecule has 2 rings (SSSR count). The maximum atomic E-state index is 12.5. The van der Waals surface area contributed by atoms with Crippen LogP contribution < -0.4 is 11.1 Å². The fourth-order valence-electron chi connectivity index (χ4n) is 3.78. The lowest BCUT2D eigenvalue weighted by molar-refractivity contribution is -0.131. The van der Waals surface area contributed by atoms with Crippen LogP contribution in [0.3, 0.4) is 0 Å². The normalized spacial score (nSPS) is 34.8. The molecule has 1 amide bonds. The van der Waals surface area contributed by atoms with Gasteiger partial charge in [-0.05, 0) is 45.4 Å². The molecule has 0 spiro atoms. The van der Waals surface area contributed by atoms with Crippen LogP contribution in [0.15, 0.2) is 0 Å². The summed E-state index contributed by atoms with van der Waals surface area (Å²) < 4.78 is 0. The number of carbonyl (C=O) groups excluding carboxylic acids is 1. The Labute approximate surface area is 117 Å². The summed E-state index contributed by atoms with van der Waals surface area (Å²) >= 11 is 0. The van der Waals surface area contributed by atoms with Crippen LogP contribution in [0.5, 0.6) is 0 Å². The van der Waals surface area contributed by atoms with Gasteiger partial charge in [-0.3, -0.25) is 4.79 Å². The predicted octanol–water partition coefficient (Wildman–Crippen LogP) is 2.98. The highest BCUT2D eigenvalue weighted by atomic mass is 16.2. The standard InChI is InChI=1S/C16H30N2O/c1-12(13-8-5-3-4-6-9-13)18-15(19)16(2)11-7-10-14(16)17/h12-14H,3-11,17H2,1-2H3,(H,18,19)/t12-,14?,16?/m1/s1. The minimum absolute atomic E-state index is 0.0360. The Kier molecular flexibility index (Phi) is 4.88. The maximum absolute atomic E-state index is 12.5. The number of amides is 1. The van der Waals surface area contributed by atoms with Crippen molar-refractivity contribution in [3.8, 4) is 0 Å². The maximum Gasteiger partial charge on any atom is 0.227 e. The number of nitrogens with two attached hydrogens (primary N) is 1. The number of nitrogens with one attached hydrogen (secondary N) is 1. The smallest absolute Gasteiger partial charge is 0.227 e. The second-order valence-corrected chi connectivity index (χ2v) is 6.93. The van der Waals surface area contributed by atoms with Crippen LogP contribution in [0.1, 0.15) is 71.6 Å². The van der Waals surface area contributed by atoms with Crippen molar-refractivity contribution < 1.29 is 4.79 Å². The molecule has 2 aliphatic rings. The molecule has 0 radical (unpaired) electrons. The molecule has 0 heterocycles. The van der Waals surface area contributed by atoms with Gasteiger partial charge in [-0.2, -0.15) is 0 Å². The molecule has 3 heteroatoms. The van der Waals surface area contributed by atoms with Gasteiger partial charge in [-0.15, -0.1) is 0 Å². The molecule has 0 aromatic heterocycles. The summed E-state index contributed by atoms with van der Waals surface area (Å²) in [6, 6.07) is 0.337.